The summed E-state index contributed by atoms with van der Waals surface area (Å²) in [6.07, 6.45) is 0. The quantitative estimate of drug-likeness (QED) is 0.574. The molecule has 5 rings (SSSR count). The van der Waals surface area contributed by atoms with Crippen molar-refractivity contribution >= 4 is 28.6 Å². The van der Waals surface area contributed by atoms with E-state index >= 15 is 0 Å². The molecule has 1 aliphatic heterocycles. The number of nitrogens with zero attached hydrogens (tertiary/aromatic N) is 3. The van der Waals surface area contributed by atoms with Crippen LogP contribution in [0.5, 0.6) is 11.5 Å². The molecule has 1 N–H and O–H groups in total. The van der Waals surface area contributed by atoms with Crippen molar-refractivity contribution < 1.29 is 14.3 Å². The summed E-state index contributed by atoms with van der Waals surface area (Å²) < 4.78 is 12.8. The number of hydrogen-bond donors (Lipinski definition) is 1. The summed E-state index contributed by atoms with van der Waals surface area (Å²) in [5.41, 5.74) is 3.27. The maximum Gasteiger partial charge on any atom is 0.274 e. The average Bonchev–Trinajstić information content (AvgIpc) is 3.37. The van der Waals surface area contributed by atoms with Crippen LogP contribution in [-0.2, 0) is 0 Å². The summed E-state index contributed by atoms with van der Waals surface area (Å²) in [6, 6.07) is 12.9. The van der Waals surface area contributed by atoms with Crippen molar-refractivity contribution in [2.75, 3.05) is 18.5 Å². The van der Waals surface area contributed by atoms with Gasteiger partial charge in [-0.15, -0.1) is 11.3 Å². The van der Waals surface area contributed by atoms with Gasteiger partial charge in [0.25, 0.3) is 5.91 Å². The molecule has 1 aliphatic rings. The number of hydrogen-bond acceptors (Lipinski definition) is 6. The van der Waals surface area contributed by atoms with Crippen LogP contribution in [0.1, 0.15) is 16.2 Å². The predicted octanol–water partition coefficient (Wildman–Crippen LogP) is 3.79. The number of carbonyl (C=O) groups excluding carboxylic acids is 1. The second-order valence-electron chi connectivity index (χ2n) is 6.37. The molecule has 0 bridgehead atoms. The van der Waals surface area contributed by atoms with Crippen molar-refractivity contribution in [3.05, 3.63) is 59.2 Å². The fraction of sp³-hybridized carbons (Fsp3) is 0.150. The standard InChI is InChI=1S/C20H16N4O3S/c1-12-9-15(22-19-11-14(23-24(12)19)18-3-2-8-28-18)20(25)21-13-4-5-16-17(10-13)27-7-6-26-16/h2-5,8-11H,6-7H2,1H3,(H,21,25). The highest BCUT2D eigenvalue weighted by atomic mass is 32.1. The number of anilines is 1. The molecule has 0 unspecified atom stereocenters. The van der Waals surface area contributed by atoms with Gasteiger partial charge in [0.05, 0.1) is 4.88 Å². The van der Waals surface area contributed by atoms with Crippen LogP contribution in [-0.4, -0.2) is 33.7 Å². The molecule has 28 heavy (non-hydrogen) atoms. The predicted molar refractivity (Wildman–Crippen MR) is 106 cm³/mol. The lowest BCUT2D eigenvalue weighted by Gasteiger charge is -2.19. The van der Waals surface area contributed by atoms with Crippen molar-refractivity contribution in [1.29, 1.82) is 0 Å². The molecule has 0 fully saturated rings. The van der Waals surface area contributed by atoms with Gasteiger partial charge in [0.2, 0.25) is 0 Å². The Bertz CT molecular complexity index is 1180. The Morgan fingerprint density at radius 1 is 1.14 bits per heavy atom. The number of nitrogens with one attached hydrogen (secondary N) is 1. The van der Waals surface area contributed by atoms with Gasteiger partial charge >= 0.3 is 0 Å². The van der Waals surface area contributed by atoms with E-state index in [-0.39, 0.29) is 5.91 Å². The van der Waals surface area contributed by atoms with E-state index in [1.165, 1.54) is 0 Å². The first-order valence-corrected chi connectivity index (χ1v) is 9.68. The van der Waals surface area contributed by atoms with E-state index in [1.807, 2.05) is 30.5 Å². The molecule has 0 saturated carbocycles. The minimum Gasteiger partial charge on any atom is -0.486 e. The molecule has 4 heterocycles. The number of aryl methyl sites for hydroxylation is 1. The topological polar surface area (TPSA) is 77.8 Å². The van der Waals surface area contributed by atoms with E-state index in [0.29, 0.717) is 41.7 Å². The summed E-state index contributed by atoms with van der Waals surface area (Å²) in [6.45, 7) is 2.93. The third kappa shape index (κ3) is 2.97. The van der Waals surface area contributed by atoms with Gasteiger partial charge in [0.1, 0.15) is 24.6 Å². The third-order valence-corrected chi connectivity index (χ3v) is 5.30. The lowest BCUT2D eigenvalue weighted by atomic mass is 10.2. The van der Waals surface area contributed by atoms with Gasteiger partial charge in [-0.25, -0.2) is 9.50 Å². The van der Waals surface area contributed by atoms with Gasteiger partial charge in [-0.2, -0.15) is 5.10 Å². The van der Waals surface area contributed by atoms with Crippen LogP contribution in [0.3, 0.4) is 0 Å². The van der Waals surface area contributed by atoms with E-state index in [1.54, 1.807) is 40.1 Å². The van der Waals surface area contributed by atoms with Crippen LogP contribution in [0.2, 0.25) is 0 Å². The number of aromatic nitrogens is 3. The number of amides is 1. The van der Waals surface area contributed by atoms with Crippen LogP contribution in [0, 0.1) is 6.92 Å². The molecule has 0 aliphatic carbocycles. The summed E-state index contributed by atoms with van der Waals surface area (Å²) in [5.74, 6) is 1.01. The van der Waals surface area contributed by atoms with E-state index in [4.69, 9.17) is 9.47 Å². The Balaban J connectivity index is 1.44. The molecule has 3 aromatic heterocycles. The van der Waals surface area contributed by atoms with Crippen LogP contribution < -0.4 is 14.8 Å². The second kappa shape index (κ2) is 6.65. The van der Waals surface area contributed by atoms with Gasteiger partial charge in [-0.1, -0.05) is 6.07 Å². The zero-order chi connectivity index (χ0) is 19.1. The molecule has 0 spiro atoms. The Kier molecular flexibility index (Phi) is 3.98. The van der Waals surface area contributed by atoms with Gasteiger partial charge in [0, 0.05) is 23.5 Å². The number of carbonyl (C=O) groups is 1. The van der Waals surface area contributed by atoms with Crippen molar-refractivity contribution in [3.8, 4) is 22.1 Å². The largest absolute Gasteiger partial charge is 0.486 e. The summed E-state index contributed by atoms with van der Waals surface area (Å²) in [5, 5.41) is 9.47. The Morgan fingerprint density at radius 3 is 2.82 bits per heavy atom. The molecule has 1 amide bonds. The average molecular weight is 392 g/mol. The first-order chi connectivity index (χ1) is 13.7. The van der Waals surface area contributed by atoms with Gasteiger partial charge in [-0.05, 0) is 36.6 Å². The normalized spacial score (nSPS) is 12.9. The highest BCUT2D eigenvalue weighted by Gasteiger charge is 2.16. The Morgan fingerprint density at radius 2 is 2.00 bits per heavy atom. The second-order valence-corrected chi connectivity index (χ2v) is 7.32. The number of fused-ring (bicyclic) bond motifs is 2. The summed E-state index contributed by atoms with van der Waals surface area (Å²) in [4.78, 5) is 18.3. The number of ether oxygens (including phenoxy) is 2. The van der Waals surface area contributed by atoms with Crippen molar-refractivity contribution in [2.24, 2.45) is 0 Å². The lowest BCUT2D eigenvalue weighted by molar-refractivity contribution is 0.102. The monoisotopic (exact) mass is 392 g/mol. The summed E-state index contributed by atoms with van der Waals surface area (Å²) >= 11 is 1.62. The summed E-state index contributed by atoms with van der Waals surface area (Å²) in [7, 11) is 0. The van der Waals surface area contributed by atoms with Crippen molar-refractivity contribution in [1.82, 2.24) is 14.6 Å². The SMILES string of the molecule is Cc1cc(C(=O)Nc2ccc3c(c2)OCCO3)nc2cc(-c3cccs3)nn12. The minimum atomic E-state index is -0.291. The molecule has 0 atom stereocenters. The molecule has 1 aromatic carbocycles. The zero-order valence-corrected chi connectivity index (χ0v) is 15.8. The number of benzene rings is 1. The molecule has 0 radical (unpaired) electrons. The number of rotatable bonds is 3. The molecule has 0 saturated heterocycles. The molecule has 4 aromatic rings. The number of thiophene rings is 1. The first-order valence-electron chi connectivity index (χ1n) is 8.80. The van der Waals surface area contributed by atoms with E-state index in [9.17, 15) is 4.79 Å². The van der Waals surface area contributed by atoms with Crippen LogP contribution in [0.4, 0.5) is 5.69 Å². The maximum absolute atomic E-state index is 12.7. The first kappa shape index (κ1) is 16.8. The van der Waals surface area contributed by atoms with E-state index in [2.05, 4.69) is 15.4 Å². The molecule has 8 heteroatoms. The molecule has 7 nitrogen and oxygen atoms in total. The van der Waals surface area contributed by atoms with E-state index < -0.39 is 0 Å². The Hall–Kier alpha value is -3.39. The minimum absolute atomic E-state index is 0.291. The molecular weight excluding hydrogens is 376 g/mol. The van der Waals surface area contributed by atoms with Gasteiger partial charge < -0.3 is 14.8 Å². The molecule has 140 valence electrons. The van der Waals surface area contributed by atoms with Crippen LogP contribution in [0.25, 0.3) is 16.2 Å². The van der Waals surface area contributed by atoms with Crippen LogP contribution >= 0.6 is 11.3 Å². The smallest absolute Gasteiger partial charge is 0.274 e. The highest BCUT2D eigenvalue weighted by molar-refractivity contribution is 7.13. The van der Waals surface area contributed by atoms with Gasteiger partial charge in [-0.3, -0.25) is 4.79 Å². The molecular formula is C20H16N4O3S. The van der Waals surface area contributed by atoms with Crippen LogP contribution in [0.15, 0.2) is 47.8 Å². The highest BCUT2D eigenvalue weighted by Crippen LogP contribution is 2.32. The maximum atomic E-state index is 12.7. The van der Waals surface area contributed by atoms with Crippen molar-refractivity contribution in [3.63, 3.8) is 0 Å². The zero-order valence-electron chi connectivity index (χ0n) is 15.0. The fourth-order valence-corrected chi connectivity index (χ4v) is 3.78. The van der Waals surface area contributed by atoms with Crippen molar-refractivity contribution in [2.45, 2.75) is 6.92 Å². The Labute approximate surface area is 164 Å². The fourth-order valence-electron chi connectivity index (χ4n) is 3.10. The lowest BCUT2D eigenvalue weighted by Crippen LogP contribution is -2.17. The van der Waals surface area contributed by atoms with E-state index in [0.717, 1.165) is 16.3 Å². The van der Waals surface area contributed by atoms with Gasteiger partial charge in [0.15, 0.2) is 17.1 Å². The third-order valence-electron chi connectivity index (χ3n) is 4.41.